The van der Waals surface area contributed by atoms with E-state index in [1.807, 2.05) is 30.3 Å². The molecule has 1 saturated carbocycles. The number of benzene rings is 1. The number of esters is 2. The molecule has 1 aliphatic rings. The normalized spacial score (nSPS) is 21.6. The fourth-order valence-corrected chi connectivity index (χ4v) is 2.34. The van der Waals surface area contributed by atoms with Gasteiger partial charge in [0.2, 0.25) is 0 Å². The maximum Gasteiger partial charge on any atom is 0.310 e. The molecule has 1 fully saturated rings. The first-order valence-corrected chi connectivity index (χ1v) is 6.42. The summed E-state index contributed by atoms with van der Waals surface area (Å²) in [5.74, 6) is -2.59. The van der Waals surface area contributed by atoms with Gasteiger partial charge in [-0.15, -0.1) is 0 Å². The van der Waals surface area contributed by atoms with E-state index in [0.717, 1.165) is 5.56 Å². The van der Waals surface area contributed by atoms with E-state index in [0.29, 0.717) is 0 Å². The van der Waals surface area contributed by atoms with E-state index in [1.165, 1.54) is 7.11 Å². The van der Waals surface area contributed by atoms with Gasteiger partial charge in [0.05, 0.1) is 18.9 Å². The molecule has 1 aliphatic carbocycles. The predicted molar refractivity (Wildman–Crippen MR) is 69.5 cm³/mol. The molecule has 1 aromatic carbocycles. The van der Waals surface area contributed by atoms with Crippen molar-refractivity contribution in [3.8, 4) is 0 Å². The highest BCUT2D eigenvalue weighted by atomic mass is 16.5. The van der Waals surface area contributed by atoms with Gasteiger partial charge in [0.1, 0.15) is 12.4 Å². The van der Waals surface area contributed by atoms with E-state index in [9.17, 15) is 14.4 Å². The van der Waals surface area contributed by atoms with Crippen molar-refractivity contribution in [2.24, 2.45) is 11.8 Å². The first-order chi connectivity index (χ1) is 9.61. The molecule has 0 N–H and O–H groups in total. The Morgan fingerprint density at radius 2 is 1.70 bits per heavy atom. The van der Waals surface area contributed by atoms with Crippen LogP contribution in [0.4, 0.5) is 0 Å². The van der Waals surface area contributed by atoms with Crippen LogP contribution in [0.2, 0.25) is 0 Å². The molecule has 0 radical (unpaired) electrons. The number of carbonyl (C=O) groups excluding carboxylic acids is 3. The third kappa shape index (κ3) is 3.23. The largest absolute Gasteiger partial charge is 0.469 e. The molecule has 0 bridgehead atoms. The Labute approximate surface area is 116 Å². The second-order valence-corrected chi connectivity index (χ2v) is 4.78. The summed E-state index contributed by atoms with van der Waals surface area (Å²) in [6.45, 7) is 0.137. The van der Waals surface area contributed by atoms with Crippen molar-refractivity contribution in [3.05, 3.63) is 35.9 Å². The molecule has 2 atom stereocenters. The first-order valence-electron chi connectivity index (χ1n) is 6.42. The smallest absolute Gasteiger partial charge is 0.310 e. The minimum atomic E-state index is -0.723. The second kappa shape index (κ2) is 6.32. The molecule has 0 amide bonds. The van der Waals surface area contributed by atoms with Crippen molar-refractivity contribution >= 4 is 17.7 Å². The van der Waals surface area contributed by atoms with Crippen LogP contribution in [0.15, 0.2) is 30.3 Å². The van der Waals surface area contributed by atoms with Crippen LogP contribution in [0.25, 0.3) is 0 Å². The fraction of sp³-hybridized carbons (Fsp3) is 0.400. The molecule has 0 unspecified atom stereocenters. The van der Waals surface area contributed by atoms with Crippen molar-refractivity contribution < 1.29 is 23.9 Å². The quantitative estimate of drug-likeness (QED) is 0.779. The molecule has 0 saturated heterocycles. The molecule has 0 spiro atoms. The zero-order chi connectivity index (χ0) is 14.5. The Balaban J connectivity index is 1.97. The van der Waals surface area contributed by atoms with Crippen molar-refractivity contribution in [2.45, 2.75) is 19.4 Å². The highest BCUT2D eigenvalue weighted by molar-refractivity contribution is 5.95. The van der Waals surface area contributed by atoms with Crippen LogP contribution in [-0.2, 0) is 30.5 Å². The number of Topliss-reactive ketones (excluding diaryl/α,β-unsaturated/α-hetero) is 1. The van der Waals surface area contributed by atoms with Crippen molar-refractivity contribution in [1.29, 1.82) is 0 Å². The Hall–Kier alpha value is -2.17. The predicted octanol–water partition coefficient (Wildman–Crippen LogP) is 1.50. The molecule has 5 heteroatoms. The summed E-state index contributed by atoms with van der Waals surface area (Å²) in [4.78, 5) is 35.0. The highest BCUT2D eigenvalue weighted by Crippen LogP contribution is 2.31. The lowest BCUT2D eigenvalue weighted by atomic mass is 9.96. The maximum atomic E-state index is 12.0. The first kappa shape index (κ1) is 14.2. The van der Waals surface area contributed by atoms with Gasteiger partial charge in [0.15, 0.2) is 0 Å². The van der Waals surface area contributed by atoms with Gasteiger partial charge >= 0.3 is 11.9 Å². The van der Waals surface area contributed by atoms with Crippen LogP contribution in [0.5, 0.6) is 0 Å². The van der Waals surface area contributed by atoms with E-state index in [2.05, 4.69) is 4.74 Å². The molecule has 0 heterocycles. The number of ether oxygens (including phenoxy) is 2. The molecule has 106 valence electrons. The summed E-state index contributed by atoms with van der Waals surface area (Å²) >= 11 is 0. The summed E-state index contributed by atoms with van der Waals surface area (Å²) in [5, 5.41) is 0. The maximum absolute atomic E-state index is 12.0. The standard InChI is InChI=1S/C15H16O5/c1-19-14(17)12-7-11(16)8-13(12)15(18)20-9-10-5-3-2-4-6-10/h2-6,12-13H,7-9H2,1H3/t12-,13+/m0/s1. The third-order valence-electron chi connectivity index (χ3n) is 3.41. The van der Waals surface area contributed by atoms with Crippen LogP contribution >= 0.6 is 0 Å². The minimum Gasteiger partial charge on any atom is -0.469 e. The Kier molecular flexibility index (Phi) is 4.50. The third-order valence-corrected chi connectivity index (χ3v) is 3.41. The van der Waals surface area contributed by atoms with E-state index in [4.69, 9.17) is 4.74 Å². The molecule has 5 nitrogen and oxygen atoms in total. The van der Waals surface area contributed by atoms with Gasteiger partial charge in [0.25, 0.3) is 0 Å². The molecule has 20 heavy (non-hydrogen) atoms. The second-order valence-electron chi connectivity index (χ2n) is 4.78. The summed E-state index contributed by atoms with van der Waals surface area (Å²) in [7, 11) is 1.25. The van der Waals surface area contributed by atoms with Crippen molar-refractivity contribution in [3.63, 3.8) is 0 Å². The summed E-state index contributed by atoms with van der Waals surface area (Å²) in [6, 6.07) is 9.24. The van der Waals surface area contributed by atoms with Crippen molar-refractivity contribution in [2.75, 3.05) is 7.11 Å². The van der Waals surface area contributed by atoms with Gasteiger partial charge in [-0.25, -0.2) is 0 Å². The van der Waals surface area contributed by atoms with Gasteiger partial charge in [-0.2, -0.15) is 0 Å². The number of methoxy groups -OCH3 is 1. The lowest BCUT2D eigenvalue weighted by Crippen LogP contribution is -2.27. The van der Waals surface area contributed by atoms with E-state index >= 15 is 0 Å². The number of carbonyl (C=O) groups is 3. The lowest BCUT2D eigenvalue weighted by molar-refractivity contribution is -0.158. The van der Waals surface area contributed by atoms with Crippen molar-refractivity contribution in [1.82, 2.24) is 0 Å². The Morgan fingerprint density at radius 3 is 2.30 bits per heavy atom. The monoisotopic (exact) mass is 276 g/mol. The van der Waals surface area contributed by atoms with Gasteiger partial charge in [-0.1, -0.05) is 30.3 Å². The zero-order valence-corrected chi connectivity index (χ0v) is 11.2. The number of hydrogen-bond acceptors (Lipinski definition) is 5. The molecule has 1 aromatic rings. The molecule has 2 rings (SSSR count). The van der Waals surface area contributed by atoms with E-state index < -0.39 is 23.8 Å². The minimum absolute atomic E-state index is 0.0490. The Bertz CT molecular complexity index is 508. The summed E-state index contributed by atoms with van der Waals surface area (Å²) < 4.78 is 9.81. The zero-order valence-electron chi connectivity index (χ0n) is 11.2. The van der Waals surface area contributed by atoms with Crippen LogP contribution in [0.1, 0.15) is 18.4 Å². The fourth-order valence-electron chi connectivity index (χ4n) is 2.34. The molecular weight excluding hydrogens is 260 g/mol. The van der Waals surface area contributed by atoms with Gasteiger partial charge < -0.3 is 9.47 Å². The van der Waals surface area contributed by atoms with Gasteiger partial charge in [0, 0.05) is 12.8 Å². The van der Waals surface area contributed by atoms with Gasteiger partial charge in [-0.3, -0.25) is 14.4 Å². The molecule has 0 aromatic heterocycles. The molecule has 0 aliphatic heterocycles. The van der Waals surface area contributed by atoms with Gasteiger partial charge in [-0.05, 0) is 5.56 Å². The highest BCUT2D eigenvalue weighted by Gasteiger charge is 2.43. The summed E-state index contributed by atoms with van der Waals surface area (Å²) in [5.41, 5.74) is 0.861. The lowest BCUT2D eigenvalue weighted by Gasteiger charge is -2.15. The van der Waals surface area contributed by atoms with Crippen LogP contribution in [0, 0.1) is 11.8 Å². The number of hydrogen-bond donors (Lipinski definition) is 0. The SMILES string of the molecule is COC(=O)[C@H]1CC(=O)C[C@H]1C(=O)OCc1ccccc1. The van der Waals surface area contributed by atoms with E-state index in [1.54, 1.807) is 0 Å². The Morgan fingerprint density at radius 1 is 1.10 bits per heavy atom. The van der Waals surface area contributed by atoms with Crippen LogP contribution in [-0.4, -0.2) is 24.8 Å². The number of ketones is 1. The van der Waals surface area contributed by atoms with E-state index in [-0.39, 0.29) is 25.2 Å². The van der Waals surface area contributed by atoms with Crippen LogP contribution in [0.3, 0.4) is 0 Å². The number of rotatable bonds is 4. The molecular formula is C15H16O5. The average molecular weight is 276 g/mol. The topological polar surface area (TPSA) is 69.7 Å². The summed E-state index contributed by atoms with van der Waals surface area (Å²) in [6.07, 6.45) is 0.102. The van der Waals surface area contributed by atoms with Crippen LogP contribution < -0.4 is 0 Å². The average Bonchev–Trinajstić information content (AvgIpc) is 2.87.